The van der Waals surface area contributed by atoms with Crippen molar-refractivity contribution in [2.45, 2.75) is 32.0 Å². The molecule has 0 aromatic heterocycles. The van der Waals surface area contributed by atoms with Gasteiger partial charge >= 0.3 is 0 Å². The minimum Gasteiger partial charge on any atom is -0.392 e. The van der Waals surface area contributed by atoms with Gasteiger partial charge in [-0.2, -0.15) is 5.26 Å². The standard InChI is InChI=1S/C21H23N3O2/c1-15(25)17-7-8-18(11-22)21(9-17)23-12-19-10-20(26)14-24(19)13-16-5-3-2-4-6-16/h2-9,19-20,23,26H,10,12-14H2,1H3. The summed E-state index contributed by atoms with van der Waals surface area (Å²) < 4.78 is 0. The van der Waals surface area contributed by atoms with Gasteiger partial charge in [-0.3, -0.25) is 9.69 Å². The second kappa shape index (κ2) is 8.13. The van der Waals surface area contributed by atoms with Gasteiger partial charge in [-0.05, 0) is 37.1 Å². The molecule has 2 N–H and O–H groups in total. The number of carbonyl (C=O) groups is 1. The van der Waals surface area contributed by atoms with Gasteiger partial charge in [0.2, 0.25) is 0 Å². The highest BCUT2D eigenvalue weighted by molar-refractivity contribution is 5.95. The van der Waals surface area contributed by atoms with Gasteiger partial charge in [-0.1, -0.05) is 30.3 Å². The molecule has 2 unspecified atom stereocenters. The normalized spacial score (nSPS) is 19.9. The third-order valence-electron chi connectivity index (χ3n) is 4.81. The fraction of sp³-hybridized carbons (Fsp3) is 0.333. The van der Waals surface area contributed by atoms with E-state index in [1.165, 1.54) is 12.5 Å². The summed E-state index contributed by atoms with van der Waals surface area (Å²) in [4.78, 5) is 13.9. The lowest BCUT2D eigenvalue weighted by molar-refractivity contribution is 0.101. The van der Waals surface area contributed by atoms with Crippen LogP contribution >= 0.6 is 0 Å². The summed E-state index contributed by atoms with van der Waals surface area (Å²) in [5.41, 5.74) is 2.98. The lowest BCUT2D eigenvalue weighted by Gasteiger charge is -2.25. The summed E-state index contributed by atoms with van der Waals surface area (Å²) in [6.45, 7) is 3.54. The Morgan fingerprint density at radius 1 is 1.31 bits per heavy atom. The minimum atomic E-state index is -0.343. The van der Waals surface area contributed by atoms with E-state index in [9.17, 15) is 15.2 Å². The summed E-state index contributed by atoms with van der Waals surface area (Å²) in [7, 11) is 0. The number of hydrogen-bond donors (Lipinski definition) is 2. The maximum Gasteiger partial charge on any atom is 0.159 e. The van der Waals surface area contributed by atoms with Gasteiger partial charge in [0.1, 0.15) is 6.07 Å². The van der Waals surface area contributed by atoms with E-state index in [-0.39, 0.29) is 17.9 Å². The topological polar surface area (TPSA) is 76.4 Å². The number of β-amino-alcohol motifs (C(OH)–C–C–N with tert-alkyl or cyclic N) is 1. The highest BCUT2D eigenvalue weighted by Gasteiger charge is 2.30. The van der Waals surface area contributed by atoms with Crippen molar-refractivity contribution in [1.82, 2.24) is 4.90 Å². The third-order valence-corrected chi connectivity index (χ3v) is 4.81. The van der Waals surface area contributed by atoms with E-state index in [1.807, 2.05) is 18.2 Å². The van der Waals surface area contributed by atoms with Crippen molar-refractivity contribution in [3.63, 3.8) is 0 Å². The largest absolute Gasteiger partial charge is 0.392 e. The van der Waals surface area contributed by atoms with E-state index in [2.05, 4.69) is 28.4 Å². The van der Waals surface area contributed by atoms with Crippen LogP contribution in [0.4, 0.5) is 5.69 Å². The summed E-state index contributed by atoms with van der Waals surface area (Å²) in [6, 6.07) is 17.6. The molecule has 26 heavy (non-hydrogen) atoms. The summed E-state index contributed by atoms with van der Waals surface area (Å²) >= 11 is 0. The second-order valence-electron chi connectivity index (χ2n) is 6.77. The number of carbonyl (C=O) groups excluding carboxylic acids is 1. The maximum absolute atomic E-state index is 11.6. The van der Waals surface area contributed by atoms with Crippen LogP contribution in [0.15, 0.2) is 48.5 Å². The first-order valence-electron chi connectivity index (χ1n) is 8.82. The molecule has 0 spiro atoms. The van der Waals surface area contributed by atoms with Crippen LogP contribution < -0.4 is 5.32 Å². The van der Waals surface area contributed by atoms with Crippen molar-refractivity contribution in [1.29, 1.82) is 5.26 Å². The predicted octanol–water partition coefficient (Wildman–Crippen LogP) is 2.81. The first-order valence-corrected chi connectivity index (χ1v) is 8.82. The van der Waals surface area contributed by atoms with Crippen molar-refractivity contribution >= 4 is 11.5 Å². The molecule has 1 aliphatic rings. The molecule has 3 rings (SSSR count). The lowest BCUT2D eigenvalue weighted by atomic mass is 10.1. The van der Waals surface area contributed by atoms with Gasteiger partial charge in [0.05, 0.1) is 17.4 Å². The number of hydrogen-bond acceptors (Lipinski definition) is 5. The molecule has 1 saturated heterocycles. The van der Waals surface area contributed by atoms with E-state index in [0.29, 0.717) is 36.3 Å². The number of rotatable bonds is 6. The Bertz CT molecular complexity index is 814. The molecule has 1 fully saturated rings. The lowest BCUT2D eigenvalue weighted by Crippen LogP contribution is -2.34. The molecule has 2 aromatic carbocycles. The van der Waals surface area contributed by atoms with Crippen molar-refractivity contribution in [3.8, 4) is 6.07 Å². The molecule has 0 amide bonds. The van der Waals surface area contributed by atoms with E-state index in [4.69, 9.17) is 0 Å². The van der Waals surface area contributed by atoms with Crippen LogP contribution in [0.2, 0.25) is 0 Å². The zero-order valence-electron chi connectivity index (χ0n) is 14.9. The molecule has 0 saturated carbocycles. The first-order chi connectivity index (χ1) is 12.6. The Morgan fingerprint density at radius 2 is 2.08 bits per heavy atom. The number of likely N-dealkylation sites (tertiary alicyclic amines) is 1. The highest BCUT2D eigenvalue weighted by atomic mass is 16.3. The molecular formula is C21H23N3O2. The fourth-order valence-corrected chi connectivity index (χ4v) is 3.42. The van der Waals surface area contributed by atoms with E-state index in [0.717, 1.165) is 6.54 Å². The van der Waals surface area contributed by atoms with E-state index >= 15 is 0 Å². The molecule has 134 valence electrons. The monoisotopic (exact) mass is 349 g/mol. The number of nitriles is 1. The molecule has 1 heterocycles. The van der Waals surface area contributed by atoms with Crippen molar-refractivity contribution in [2.24, 2.45) is 0 Å². The highest BCUT2D eigenvalue weighted by Crippen LogP contribution is 2.23. The molecule has 0 bridgehead atoms. The van der Waals surface area contributed by atoms with Crippen LogP contribution in [-0.4, -0.2) is 41.0 Å². The van der Waals surface area contributed by atoms with Gasteiger partial charge < -0.3 is 10.4 Å². The summed E-state index contributed by atoms with van der Waals surface area (Å²) in [6.07, 6.45) is 0.346. The molecule has 0 aliphatic carbocycles. The summed E-state index contributed by atoms with van der Waals surface area (Å²) in [5.74, 6) is -0.0282. The molecule has 2 aromatic rings. The number of aliphatic hydroxyl groups is 1. The van der Waals surface area contributed by atoms with Gasteiger partial charge in [-0.25, -0.2) is 0 Å². The molecule has 5 nitrogen and oxygen atoms in total. The maximum atomic E-state index is 11.6. The molecular weight excluding hydrogens is 326 g/mol. The zero-order valence-corrected chi connectivity index (χ0v) is 14.9. The van der Waals surface area contributed by atoms with Crippen molar-refractivity contribution in [3.05, 3.63) is 65.2 Å². The van der Waals surface area contributed by atoms with Gasteiger partial charge in [0.25, 0.3) is 0 Å². The Morgan fingerprint density at radius 3 is 2.77 bits per heavy atom. The number of ketones is 1. The fourth-order valence-electron chi connectivity index (χ4n) is 3.42. The number of nitrogens with zero attached hydrogens (tertiary/aromatic N) is 2. The van der Waals surface area contributed by atoms with Crippen molar-refractivity contribution in [2.75, 3.05) is 18.4 Å². The Labute approximate surface area is 153 Å². The Kier molecular flexibility index (Phi) is 5.67. The number of aliphatic hydroxyl groups excluding tert-OH is 1. The second-order valence-corrected chi connectivity index (χ2v) is 6.77. The molecule has 2 atom stereocenters. The van der Waals surface area contributed by atoms with Crippen LogP contribution in [0, 0.1) is 11.3 Å². The Hall–Kier alpha value is -2.68. The van der Waals surface area contributed by atoms with Crippen LogP contribution in [0.3, 0.4) is 0 Å². The number of benzene rings is 2. The van der Waals surface area contributed by atoms with Gasteiger partial charge in [0, 0.05) is 31.2 Å². The number of Topliss-reactive ketones (excluding diaryl/α,β-unsaturated/α-hetero) is 1. The average Bonchev–Trinajstić information content (AvgIpc) is 2.99. The van der Waals surface area contributed by atoms with E-state index in [1.54, 1.807) is 18.2 Å². The summed E-state index contributed by atoms with van der Waals surface area (Å²) in [5, 5.41) is 22.7. The quantitative estimate of drug-likeness (QED) is 0.784. The predicted molar refractivity (Wildman–Crippen MR) is 101 cm³/mol. The number of anilines is 1. The van der Waals surface area contributed by atoms with Crippen molar-refractivity contribution < 1.29 is 9.90 Å². The van der Waals surface area contributed by atoms with Gasteiger partial charge in [0.15, 0.2) is 5.78 Å². The number of nitrogens with one attached hydrogen (secondary N) is 1. The SMILES string of the molecule is CC(=O)c1ccc(C#N)c(NCC2CC(O)CN2Cc2ccccc2)c1. The first kappa shape index (κ1) is 18.1. The van der Waals surface area contributed by atoms with E-state index < -0.39 is 0 Å². The zero-order chi connectivity index (χ0) is 18.5. The van der Waals surface area contributed by atoms with Crippen LogP contribution in [0.25, 0.3) is 0 Å². The smallest absolute Gasteiger partial charge is 0.159 e. The molecule has 0 radical (unpaired) electrons. The minimum absolute atomic E-state index is 0.0282. The molecule has 5 heteroatoms. The van der Waals surface area contributed by atoms with Gasteiger partial charge in [-0.15, -0.1) is 0 Å². The molecule has 1 aliphatic heterocycles. The average molecular weight is 349 g/mol. The van der Waals surface area contributed by atoms with Crippen LogP contribution in [0.1, 0.15) is 34.8 Å². The van der Waals surface area contributed by atoms with Crippen LogP contribution in [-0.2, 0) is 6.54 Å². The third kappa shape index (κ3) is 4.29. The van der Waals surface area contributed by atoms with Crippen LogP contribution in [0.5, 0.6) is 0 Å². The Balaban J connectivity index is 1.70.